The quantitative estimate of drug-likeness (QED) is 0.336. The lowest BCUT2D eigenvalue weighted by Gasteiger charge is -2.19. The predicted octanol–water partition coefficient (Wildman–Crippen LogP) is 1.33. The van der Waals surface area contributed by atoms with Gasteiger partial charge < -0.3 is 24.9 Å². The van der Waals surface area contributed by atoms with Crippen LogP contribution >= 0.6 is 7.82 Å². The Morgan fingerprint density at radius 3 is 2.50 bits per heavy atom. The maximum atomic E-state index is 11.9. The molecule has 0 aromatic rings. The highest BCUT2D eigenvalue weighted by Crippen LogP contribution is 2.47. The van der Waals surface area contributed by atoms with Gasteiger partial charge in [0.05, 0.1) is 13.2 Å². The Balaban J connectivity index is 2.34. The minimum absolute atomic E-state index is 0.0264. The molecule has 0 aromatic carbocycles. The normalized spacial score (nSPS) is 30.8. The Kier molecular flexibility index (Phi) is 9.05. The molecule has 1 aliphatic heterocycles. The van der Waals surface area contributed by atoms with Crippen LogP contribution in [0.5, 0.6) is 0 Å². The molecule has 1 saturated heterocycles. The molecular formula is C15H29O8P. The van der Waals surface area contributed by atoms with Crippen LogP contribution in [0.1, 0.15) is 40.0 Å². The van der Waals surface area contributed by atoms with Gasteiger partial charge in [0.2, 0.25) is 0 Å². The molecule has 1 heterocycles. The summed E-state index contributed by atoms with van der Waals surface area (Å²) in [6.45, 7) is 5.57. The summed E-state index contributed by atoms with van der Waals surface area (Å²) >= 11 is 0. The number of ether oxygens (including phenoxy) is 1. The van der Waals surface area contributed by atoms with Gasteiger partial charge in [-0.05, 0) is 39.0 Å². The van der Waals surface area contributed by atoms with Crippen LogP contribution in [0.3, 0.4) is 0 Å². The van der Waals surface area contributed by atoms with E-state index in [9.17, 15) is 19.7 Å². The van der Waals surface area contributed by atoms with Crippen molar-refractivity contribution in [3.05, 3.63) is 11.6 Å². The number of rotatable bonds is 10. The second kappa shape index (κ2) is 9.99. The molecule has 0 aliphatic carbocycles. The van der Waals surface area contributed by atoms with E-state index in [-0.39, 0.29) is 6.61 Å². The molecule has 0 saturated carbocycles. The van der Waals surface area contributed by atoms with Crippen LogP contribution in [-0.2, 0) is 18.3 Å². The number of allylic oxidation sites excluding steroid dienone is 2. The Morgan fingerprint density at radius 2 is 1.96 bits per heavy atom. The van der Waals surface area contributed by atoms with Gasteiger partial charge in [-0.2, -0.15) is 0 Å². The van der Waals surface area contributed by atoms with Crippen LogP contribution in [0.25, 0.3) is 0 Å². The van der Waals surface area contributed by atoms with Gasteiger partial charge in [-0.3, -0.25) is 9.05 Å². The molecule has 142 valence electrons. The molecule has 8 nitrogen and oxygen atoms in total. The first-order valence-corrected chi connectivity index (χ1v) is 9.57. The smallest absolute Gasteiger partial charge is 0.394 e. The van der Waals surface area contributed by atoms with Crippen LogP contribution in [0, 0.1) is 5.92 Å². The first kappa shape index (κ1) is 21.7. The van der Waals surface area contributed by atoms with Crippen molar-refractivity contribution in [1.82, 2.24) is 0 Å². The molecule has 9 heteroatoms. The molecule has 24 heavy (non-hydrogen) atoms. The van der Waals surface area contributed by atoms with Crippen molar-refractivity contribution in [2.75, 3.05) is 13.2 Å². The van der Waals surface area contributed by atoms with E-state index in [2.05, 4.69) is 6.08 Å². The van der Waals surface area contributed by atoms with Gasteiger partial charge in [-0.15, -0.1) is 0 Å². The second-order valence-electron chi connectivity index (χ2n) is 6.37. The molecule has 6 atom stereocenters. The SMILES string of the molecule is CC(C)=CCCC(C)CCOP(=O)(O)O[C@@H]1O[C@H](CO)[C@@H](O)[C@@H]1O. The van der Waals surface area contributed by atoms with Gasteiger partial charge in [-0.1, -0.05) is 18.6 Å². The largest absolute Gasteiger partial charge is 0.474 e. The van der Waals surface area contributed by atoms with Crippen molar-refractivity contribution in [3.63, 3.8) is 0 Å². The van der Waals surface area contributed by atoms with E-state index in [0.29, 0.717) is 12.3 Å². The molecular weight excluding hydrogens is 339 g/mol. The van der Waals surface area contributed by atoms with Crippen LogP contribution < -0.4 is 0 Å². The van der Waals surface area contributed by atoms with E-state index in [1.165, 1.54) is 5.57 Å². The lowest BCUT2D eigenvalue weighted by molar-refractivity contribution is -0.128. The zero-order valence-corrected chi connectivity index (χ0v) is 15.3. The fraction of sp³-hybridized carbons (Fsp3) is 0.867. The first-order valence-electron chi connectivity index (χ1n) is 8.08. The lowest BCUT2D eigenvalue weighted by atomic mass is 10.0. The van der Waals surface area contributed by atoms with Gasteiger partial charge in [0.1, 0.15) is 18.3 Å². The summed E-state index contributed by atoms with van der Waals surface area (Å²) in [6.07, 6.45) is -0.911. The molecule has 4 N–H and O–H groups in total. The van der Waals surface area contributed by atoms with Gasteiger partial charge >= 0.3 is 7.82 Å². The molecule has 0 aromatic heterocycles. The van der Waals surface area contributed by atoms with E-state index >= 15 is 0 Å². The maximum absolute atomic E-state index is 11.9. The van der Waals surface area contributed by atoms with Gasteiger partial charge in [-0.25, -0.2) is 4.57 Å². The third-order valence-corrected chi connectivity index (χ3v) is 4.80. The van der Waals surface area contributed by atoms with Gasteiger partial charge in [0.15, 0.2) is 6.29 Å². The van der Waals surface area contributed by atoms with Crippen molar-refractivity contribution >= 4 is 7.82 Å². The summed E-state index contributed by atoms with van der Waals surface area (Å²) in [4.78, 5) is 9.67. The average molecular weight is 368 g/mol. The molecule has 2 unspecified atom stereocenters. The fourth-order valence-electron chi connectivity index (χ4n) is 2.28. The molecule has 0 amide bonds. The van der Waals surface area contributed by atoms with E-state index in [4.69, 9.17) is 18.9 Å². The third kappa shape index (κ3) is 7.29. The lowest BCUT2D eigenvalue weighted by Crippen LogP contribution is -2.34. The number of aliphatic hydroxyl groups is 3. The Labute approximate surface area is 142 Å². The topological polar surface area (TPSA) is 126 Å². The second-order valence-corrected chi connectivity index (χ2v) is 7.77. The summed E-state index contributed by atoms with van der Waals surface area (Å²) < 4.78 is 26.5. The van der Waals surface area contributed by atoms with Crippen LogP contribution in [0.15, 0.2) is 11.6 Å². The Hall–Kier alpha value is -0.310. The highest BCUT2D eigenvalue weighted by atomic mass is 31.2. The standard InChI is InChI=1S/C15H29O8P/c1-10(2)5-4-6-11(3)7-8-21-24(19,20)23-15-14(18)13(17)12(9-16)22-15/h5,11-18H,4,6-9H2,1-3H3,(H,19,20)/t11?,12-,13-,14+,15+/m1/s1. The molecule has 1 aliphatic rings. The van der Waals surface area contributed by atoms with E-state index in [0.717, 1.165) is 12.8 Å². The van der Waals surface area contributed by atoms with Crippen molar-refractivity contribution < 1.29 is 38.6 Å². The monoisotopic (exact) mass is 368 g/mol. The summed E-state index contributed by atoms with van der Waals surface area (Å²) in [7, 11) is -4.43. The summed E-state index contributed by atoms with van der Waals surface area (Å²) in [6, 6.07) is 0. The number of phosphoric acid groups is 1. The van der Waals surface area contributed by atoms with Crippen molar-refractivity contribution in [1.29, 1.82) is 0 Å². The van der Waals surface area contributed by atoms with Crippen molar-refractivity contribution in [2.45, 2.75) is 64.6 Å². The minimum Gasteiger partial charge on any atom is -0.394 e. The molecule has 0 radical (unpaired) electrons. The fourth-order valence-corrected chi connectivity index (χ4v) is 3.12. The minimum atomic E-state index is -4.43. The first-order chi connectivity index (χ1) is 11.2. The molecule has 1 rings (SSSR count). The Bertz CT molecular complexity index is 451. The van der Waals surface area contributed by atoms with Gasteiger partial charge in [0.25, 0.3) is 0 Å². The summed E-state index contributed by atoms with van der Waals surface area (Å²) in [5, 5.41) is 28.2. The highest BCUT2D eigenvalue weighted by molar-refractivity contribution is 7.47. The zero-order valence-electron chi connectivity index (χ0n) is 14.4. The number of phosphoric ester groups is 1. The van der Waals surface area contributed by atoms with Crippen molar-refractivity contribution in [2.24, 2.45) is 5.92 Å². The summed E-state index contributed by atoms with van der Waals surface area (Å²) in [5.41, 5.74) is 1.25. The number of hydrogen-bond donors (Lipinski definition) is 4. The number of hydrogen-bond acceptors (Lipinski definition) is 7. The summed E-state index contributed by atoms with van der Waals surface area (Å²) in [5.74, 6) is 0.314. The molecule has 0 spiro atoms. The maximum Gasteiger partial charge on any atom is 0.474 e. The molecule has 1 fully saturated rings. The zero-order chi connectivity index (χ0) is 18.3. The van der Waals surface area contributed by atoms with Crippen LogP contribution in [-0.4, -0.2) is 58.0 Å². The van der Waals surface area contributed by atoms with E-state index in [1.54, 1.807) is 0 Å². The van der Waals surface area contributed by atoms with Crippen molar-refractivity contribution in [3.8, 4) is 0 Å². The van der Waals surface area contributed by atoms with Crippen LogP contribution in [0.2, 0.25) is 0 Å². The highest BCUT2D eigenvalue weighted by Gasteiger charge is 2.46. The van der Waals surface area contributed by atoms with E-state index in [1.807, 2.05) is 20.8 Å². The van der Waals surface area contributed by atoms with E-state index < -0.39 is 39.0 Å². The van der Waals surface area contributed by atoms with Crippen LogP contribution in [0.4, 0.5) is 0 Å². The average Bonchev–Trinajstić information content (AvgIpc) is 2.74. The Morgan fingerprint density at radius 1 is 1.29 bits per heavy atom. The predicted molar refractivity (Wildman–Crippen MR) is 87.1 cm³/mol. The third-order valence-electron chi connectivity index (χ3n) is 3.81. The van der Waals surface area contributed by atoms with Gasteiger partial charge in [0, 0.05) is 0 Å². The number of aliphatic hydroxyl groups excluding tert-OH is 3. The molecule has 0 bridgehead atoms.